The Labute approximate surface area is 87.8 Å². The molecule has 13 heavy (non-hydrogen) atoms. The number of nitrogens with zero attached hydrogens (tertiary/aromatic N) is 1. The second-order valence-electron chi connectivity index (χ2n) is 3.24. The van der Waals surface area contributed by atoms with Gasteiger partial charge in [0.1, 0.15) is 5.40 Å². The molecule has 1 aromatic rings. The maximum atomic E-state index is 8.41. The molecule has 3 heteroatoms. The van der Waals surface area contributed by atoms with Crippen molar-refractivity contribution in [2.45, 2.75) is 20.3 Å². The Morgan fingerprint density at radius 2 is 2.46 bits per heavy atom. The van der Waals surface area contributed by atoms with Crippen LogP contribution in [0.4, 0.5) is 0 Å². The molecule has 1 nitrogen and oxygen atoms in total. The van der Waals surface area contributed by atoms with Gasteiger partial charge in [0.25, 0.3) is 0 Å². The van der Waals surface area contributed by atoms with Crippen LogP contribution in [0, 0.1) is 23.5 Å². The van der Waals surface area contributed by atoms with Crippen molar-refractivity contribution in [3.8, 4) is 5.40 Å². The van der Waals surface area contributed by atoms with Gasteiger partial charge in [-0.15, -0.1) is 11.3 Å². The van der Waals surface area contributed by atoms with Crippen LogP contribution >= 0.6 is 23.1 Å². The van der Waals surface area contributed by atoms with E-state index in [1.54, 1.807) is 0 Å². The van der Waals surface area contributed by atoms with Crippen LogP contribution in [0.2, 0.25) is 0 Å². The second kappa shape index (κ2) is 5.31. The standard InChI is InChI=1S/C10H13NS2/c1-8(6-12-7-11)5-10-9(2)3-4-13-10/h3-4,8H,5-6H2,1-2H3. The lowest BCUT2D eigenvalue weighted by atomic mass is 10.1. The van der Waals surface area contributed by atoms with E-state index in [0.717, 1.165) is 12.2 Å². The maximum absolute atomic E-state index is 8.41. The molecule has 0 aliphatic carbocycles. The number of thiophene rings is 1. The Morgan fingerprint density at radius 3 is 3.00 bits per heavy atom. The Morgan fingerprint density at radius 1 is 1.69 bits per heavy atom. The highest BCUT2D eigenvalue weighted by Gasteiger charge is 2.06. The molecule has 1 aromatic heterocycles. The van der Waals surface area contributed by atoms with Crippen molar-refractivity contribution in [1.82, 2.24) is 0 Å². The molecular formula is C10H13NS2. The summed E-state index contributed by atoms with van der Waals surface area (Å²) in [4.78, 5) is 1.46. The molecule has 70 valence electrons. The number of thiocyanates is 1. The summed E-state index contributed by atoms with van der Waals surface area (Å²) in [5, 5.41) is 12.7. The van der Waals surface area contributed by atoms with Gasteiger partial charge in [-0.3, -0.25) is 0 Å². The van der Waals surface area contributed by atoms with E-state index in [1.165, 1.54) is 22.2 Å². The second-order valence-corrected chi connectivity index (χ2v) is 5.04. The molecule has 0 saturated carbocycles. The Bertz CT molecular complexity index is 298. The molecule has 0 fully saturated rings. The topological polar surface area (TPSA) is 23.8 Å². The van der Waals surface area contributed by atoms with Crippen LogP contribution in [-0.4, -0.2) is 5.75 Å². The van der Waals surface area contributed by atoms with E-state index in [1.807, 2.05) is 11.3 Å². The van der Waals surface area contributed by atoms with Gasteiger partial charge in [0, 0.05) is 10.6 Å². The molecule has 0 bridgehead atoms. The molecule has 0 aliphatic rings. The predicted molar refractivity (Wildman–Crippen MR) is 60.0 cm³/mol. The van der Waals surface area contributed by atoms with E-state index < -0.39 is 0 Å². The zero-order chi connectivity index (χ0) is 9.68. The number of aryl methyl sites for hydroxylation is 1. The van der Waals surface area contributed by atoms with Crippen molar-refractivity contribution in [3.05, 3.63) is 21.9 Å². The van der Waals surface area contributed by atoms with Gasteiger partial charge in [-0.1, -0.05) is 6.92 Å². The summed E-state index contributed by atoms with van der Waals surface area (Å²) in [6, 6.07) is 2.16. The summed E-state index contributed by atoms with van der Waals surface area (Å²) in [5.74, 6) is 1.54. The minimum atomic E-state index is 0.599. The summed E-state index contributed by atoms with van der Waals surface area (Å²) < 4.78 is 0. The zero-order valence-corrected chi connectivity index (χ0v) is 9.54. The first-order valence-corrected chi connectivity index (χ1v) is 6.14. The molecule has 1 rings (SSSR count). The summed E-state index contributed by atoms with van der Waals surface area (Å²) in [7, 11) is 0. The first-order valence-electron chi connectivity index (χ1n) is 4.28. The largest absolute Gasteiger partial charge is 0.185 e. The lowest BCUT2D eigenvalue weighted by Gasteiger charge is -2.07. The SMILES string of the molecule is Cc1ccsc1CC(C)CSC#N. The Balaban J connectivity index is 2.41. The molecule has 0 amide bonds. The average Bonchev–Trinajstić information content (AvgIpc) is 2.48. The van der Waals surface area contributed by atoms with Gasteiger partial charge in [0.05, 0.1) is 0 Å². The van der Waals surface area contributed by atoms with Crippen LogP contribution < -0.4 is 0 Å². The van der Waals surface area contributed by atoms with Crippen molar-refractivity contribution in [2.75, 3.05) is 5.75 Å². The third-order valence-corrected chi connectivity index (χ3v) is 3.84. The molecule has 0 saturated heterocycles. The van der Waals surface area contributed by atoms with E-state index in [9.17, 15) is 0 Å². The van der Waals surface area contributed by atoms with E-state index in [2.05, 4.69) is 30.7 Å². The minimum absolute atomic E-state index is 0.599. The fraction of sp³-hybridized carbons (Fsp3) is 0.500. The molecule has 0 N–H and O–H groups in total. The zero-order valence-electron chi connectivity index (χ0n) is 7.91. The van der Waals surface area contributed by atoms with Crippen molar-refractivity contribution < 1.29 is 0 Å². The monoisotopic (exact) mass is 211 g/mol. The molecule has 0 radical (unpaired) electrons. The third kappa shape index (κ3) is 3.41. The molecule has 0 aromatic carbocycles. The van der Waals surface area contributed by atoms with Crippen molar-refractivity contribution in [1.29, 1.82) is 5.26 Å². The van der Waals surface area contributed by atoms with Gasteiger partial charge in [-0.05, 0) is 48.0 Å². The lowest BCUT2D eigenvalue weighted by molar-refractivity contribution is 0.665. The highest BCUT2D eigenvalue weighted by Crippen LogP contribution is 2.21. The van der Waals surface area contributed by atoms with Crippen molar-refractivity contribution in [2.24, 2.45) is 5.92 Å². The molecule has 0 aliphatic heterocycles. The first-order chi connectivity index (χ1) is 6.24. The number of hydrogen-bond donors (Lipinski definition) is 0. The molecule has 1 unspecified atom stereocenters. The van der Waals surface area contributed by atoms with Gasteiger partial charge in [0.15, 0.2) is 0 Å². The van der Waals surface area contributed by atoms with Crippen LogP contribution in [0.1, 0.15) is 17.4 Å². The quantitative estimate of drug-likeness (QED) is 0.712. The third-order valence-electron chi connectivity index (χ3n) is 1.93. The smallest absolute Gasteiger partial charge is 0.133 e. The van der Waals surface area contributed by atoms with Crippen molar-refractivity contribution >= 4 is 23.1 Å². The molecule has 1 atom stereocenters. The first kappa shape index (κ1) is 10.6. The van der Waals surface area contributed by atoms with Crippen LogP contribution in [0.15, 0.2) is 11.4 Å². The van der Waals surface area contributed by atoms with Crippen LogP contribution in [-0.2, 0) is 6.42 Å². The summed E-state index contributed by atoms with van der Waals surface area (Å²) in [6.07, 6.45) is 1.11. The number of hydrogen-bond acceptors (Lipinski definition) is 3. The van der Waals surface area contributed by atoms with Gasteiger partial charge >= 0.3 is 0 Å². The van der Waals surface area contributed by atoms with E-state index in [4.69, 9.17) is 5.26 Å². The van der Waals surface area contributed by atoms with Gasteiger partial charge in [-0.25, -0.2) is 0 Å². The van der Waals surface area contributed by atoms with E-state index in [0.29, 0.717) is 5.92 Å². The fourth-order valence-electron chi connectivity index (χ4n) is 1.17. The summed E-state index contributed by atoms with van der Waals surface area (Å²) >= 11 is 3.17. The van der Waals surface area contributed by atoms with Gasteiger partial charge < -0.3 is 0 Å². The Hall–Kier alpha value is -0.460. The number of nitriles is 1. The minimum Gasteiger partial charge on any atom is -0.185 e. The molecule has 0 spiro atoms. The lowest BCUT2D eigenvalue weighted by Crippen LogP contribution is -2.01. The summed E-state index contributed by atoms with van der Waals surface area (Å²) in [6.45, 7) is 4.35. The van der Waals surface area contributed by atoms with Crippen LogP contribution in [0.3, 0.4) is 0 Å². The van der Waals surface area contributed by atoms with Crippen molar-refractivity contribution in [3.63, 3.8) is 0 Å². The summed E-state index contributed by atoms with van der Waals surface area (Å²) in [5.41, 5.74) is 1.39. The van der Waals surface area contributed by atoms with Crippen LogP contribution in [0.5, 0.6) is 0 Å². The molecular weight excluding hydrogens is 198 g/mol. The Kier molecular flexibility index (Phi) is 4.34. The predicted octanol–water partition coefficient (Wildman–Crippen LogP) is 3.45. The highest BCUT2D eigenvalue weighted by atomic mass is 32.2. The van der Waals surface area contributed by atoms with Gasteiger partial charge in [-0.2, -0.15) is 5.26 Å². The maximum Gasteiger partial charge on any atom is 0.133 e. The number of thioether (sulfide) groups is 1. The van der Waals surface area contributed by atoms with E-state index in [-0.39, 0.29) is 0 Å². The fourth-order valence-corrected chi connectivity index (χ4v) is 2.72. The van der Waals surface area contributed by atoms with Crippen LogP contribution in [0.25, 0.3) is 0 Å². The number of rotatable bonds is 4. The average molecular weight is 211 g/mol. The molecule has 1 heterocycles. The van der Waals surface area contributed by atoms with E-state index >= 15 is 0 Å². The van der Waals surface area contributed by atoms with Gasteiger partial charge in [0.2, 0.25) is 0 Å². The highest BCUT2D eigenvalue weighted by molar-refractivity contribution is 8.03. The normalized spacial score (nSPS) is 12.4.